The van der Waals surface area contributed by atoms with Crippen molar-refractivity contribution in [2.24, 2.45) is 0 Å². The maximum atomic E-state index is 13.0. The average Bonchev–Trinajstić information content (AvgIpc) is 3.35. The van der Waals surface area contributed by atoms with Crippen LogP contribution in [0.3, 0.4) is 0 Å². The number of hydrogen-bond donors (Lipinski definition) is 0. The van der Waals surface area contributed by atoms with Gasteiger partial charge in [-0.1, -0.05) is 60.2 Å². The molecule has 1 aliphatic heterocycles. The first-order chi connectivity index (χ1) is 15.7. The predicted molar refractivity (Wildman–Crippen MR) is 128 cm³/mol. The summed E-state index contributed by atoms with van der Waals surface area (Å²) in [7, 11) is 0. The zero-order valence-electron chi connectivity index (χ0n) is 17.8. The lowest BCUT2D eigenvalue weighted by atomic mass is 10.2. The SMILES string of the molecule is Cc1ccc(-c2nc(C(=O)N3CCN(c4ccnc(-c5ccccc5)n4)CC3)cs2)cc1. The zero-order valence-corrected chi connectivity index (χ0v) is 18.6. The highest BCUT2D eigenvalue weighted by molar-refractivity contribution is 7.13. The van der Waals surface area contributed by atoms with E-state index in [1.54, 1.807) is 6.20 Å². The molecule has 1 amide bonds. The predicted octanol–water partition coefficient (Wildman–Crippen LogP) is 4.54. The Labute approximate surface area is 191 Å². The molecule has 6 nitrogen and oxygen atoms in total. The van der Waals surface area contributed by atoms with Crippen molar-refractivity contribution in [2.45, 2.75) is 6.92 Å². The molecular weight excluding hydrogens is 418 g/mol. The molecule has 0 aliphatic carbocycles. The summed E-state index contributed by atoms with van der Waals surface area (Å²) in [5.74, 6) is 1.60. The van der Waals surface area contributed by atoms with E-state index < -0.39 is 0 Å². The van der Waals surface area contributed by atoms with Gasteiger partial charge in [0.1, 0.15) is 16.5 Å². The maximum Gasteiger partial charge on any atom is 0.273 e. The van der Waals surface area contributed by atoms with Gasteiger partial charge >= 0.3 is 0 Å². The monoisotopic (exact) mass is 441 g/mol. The average molecular weight is 442 g/mol. The summed E-state index contributed by atoms with van der Waals surface area (Å²) < 4.78 is 0. The second kappa shape index (κ2) is 8.88. The van der Waals surface area contributed by atoms with Crippen molar-refractivity contribution in [1.82, 2.24) is 19.9 Å². The van der Waals surface area contributed by atoms with Crippen LogP contribution in [0.2, 0.25) is 0 Å². The van der Waals surface area contributed by atoms with Crippen LogP contribution in [0, 0.1) is 6.92 Å². The molecule has 7 heteroatoms. The highest BCUT2D eigenvalue weighted by Crippen LogP contribution is 2.25. The van der Waals surface area contributed by atoms with Crippen molar-refractivity contribution in [3.8, 4) is 22.0 Å². The van der Waals surface area contributed by atoms with Gasteiger partial charge in [-0.2, -0.15) is 0 Å². The van der Waals surface area contributed by atoms with E-state index in [-0.39, 0.29) is 5.91 Å². The van der Waals surface area contributed by atoms with E-state index in [4.69, 9.17) is 4.98 Å². The summed E-state index contributed by atoms with van der Waals surface area (Å²) in [6.07, 6.45) is 1.80. The standard InChI is InChI=1S/C25H23N5OS/c1-18-7-9-20(10-8-18)24-27-21(17-32-24)25(31)30-15-13-29(14-16-30)22-11-12-26-23(28-22)19-5-3-2-4-6-19/h2-12,17H,13-16H2,1H3. The lowest BCUT2D eigenvalue weighted by Crippen LogP contribution is -2.49. The van der Waals surface area contributed by atoms with Gasteiger partial charge in [0.05, 0.1) is 0 Å². The second-order valence-corrected chi connectivity index (χ2v) is 8.65. The fraction of sp³-hybridized carbons (Fsp3) is 0.200. The van der Waals surface area contributed by atoms with Crippen molar-refractivity contribution in [3.63, 3.8) is 0 Å². The van der Waals surface area contributed by atoms with E-state index >= 15 is 0 Å². The molecule has 0 unspecified atom stereocenters. The van der Waals surface area contributed by atoms with Crippen LogP contribution in [0.5, 0.6) is 0 Å². The van der Waals surface area contributed by atoms with Crippen LogP contribution in [0.1, 0.15) is 16.1 Å². The van der Waals surface area contributed by atoms with Gasteiger partial charge in [0.25, 0.3) is 5.91 Å². The molecule has 4 aromatic rings. The van der Waals surface area contributed by atoms with Crippen LogP contribution in [-0.2, 0) is 0 Å². The Balaban J connectivity index is 1.24. The Morgan fingerprint density at radius 1 is 0.875 bits per heavy atom. The van der Waals surface area contributed by atoms with Crippen LogP contribution >= 0.6 is 11.3 Å². The molecule has 0 radical (unpaired) electrons. The van der Waals surface area contributed by atoms with Gasteiger partial charge in [0.2, 0.25) is 0 Å². The second-order valence-electron chi connectivity index (χ2n) is 7.79. The van der Waals surface area contributed by atoms with E-state index in [1.165, 1.54) is 16.9 Å². The number of thiazole rings is 1. The van der Waals surface area contributed by atoms with Gasteiger partial charge in [-0.15, -0.1) is 11.3 Å². The number of carbonyl (C=O) groups excluding carboxylic acids is 1. The van der Waals surface area contributed by atoms with Gasteiger partial charge in [0.15, 0.2) is 5.82 Å². The number of rotatable bonds is 4. The van der Waals surface area contributed by atoms with E-state index in [0.717, 1.165) is 35.0 Å². The minimum atomic E-state index is -0.00748. The lowest BCUT2D eigenvalue weighted by molar-refractivity contribution is 0.0741. The van der Waals surface area contributed by atoms with Gasteiger partial charge < -0.3 is 9.80 Å². The number of hydrogen-bond acceptors (Lipinski definition) is 6. The van der Waals surface area contributed by atoms with Gasteiger partial charge in [-0.3, -0.25) is 4.79 Å². The highest BCUT2D eigenvalue weighted by atomic mass is 32.1. The van der Waals surface area contributed by atoms with Crippen molar-refractivity contribution in [1.29, 1.82) is 0 Å². The summed E-state index contributed by atoms with van der Waals surface area (Å²) >= 11 is 1.51. The molecule has 0 spiro atoms. The number of carbonyl (C=O) groups is 1. The number of anilines is 1. The minimum Gasteiger partial charge on any atom is -0.353 e. The Morgan fingerprint density at radius 2 is 1.62 bits per heavy atom. The Hall–Kier alpha value is -3.58. The number of benzene rings is 2. The number of aromatic nitrogens is 3. The molecule has 3 heterocycles. The first-order valence-electron chi connectivity index (χ1n) is 10.6. The molecule has 2 aromatic carbocycles. The van der Waals surface area contributed by atoms with Crippen LogP contribution in [-0.4, -0.2) is 51.9 Å². The minimum absolute atomic E-state index is 0.00748. The molecule has 32 heavy (non-hydrogen) atoms. The largest absolute Gasteiger partial charge is 0.353 e. The van der Waals surface area contributed by atoms with Crippen LogP contribution < -0.4 is 4.90 Å². The first-order valence-corrected chi connectivity index (χ1v) is 11.5. The molecule has 0 atom stereocenters. The Bertz CT molecular complexity index is 1210. The molecule has 0 bridgehead atoms. The topological polar surface area (TPSA) is 62.2 Å². The summed E-state index contributed by atoms with van der Waals surface area (Å²) in [4.78, 5) is 30.8. The van der Waals surface area contributed by atoms with Crippen molar-refractivity contribution < 1.29 is 4.79 Å². The molecule has 1 aliphatic rings. The van der Waals surface area contributed by atoms with Crippen LogP contribution in [0.4, 0.5) is 5.82 Å². The quantitative estimate of drug-likeness (QED) is 0.465. The van der Waals surface area contributed by atoms with Crippen LogP contribution in [0.25, 0.3) is 22.0 Å². The molecule has 2 aromatic heterocycles. The summed E-state index contributed by atoms with van der Waals surface area (Å²) in [5, 5.41) is 2.74. The Morgan fingerprint density at radius 3 is 2.38 bits per heavy atom. The summed E-state index contributed by atoms with van der Waals surface area (Å²) in [6, 6.07) is 20.1. The smallest absolute Gasteiger partial charge is 0.273 e. The fourth-order valence-corrected chi connectivity index (χ4v) is 4.55. The van der Waals surface area contributed by atoms with E-state index in [2.05, 4.69) is 33.9 Å². The maximum absolute atomic E-state index is 13.0. The molecule has 1 fully saturated rings. The van der Waals surface area contributed by atoms with E-state index in [9.17, 15) is 4.79 Å². The van der Waals surface area contributed by atoms with Gasteiger partial charge in [-0.25, -0.2) is 15.0 Å². The Kier molecular flexibility index (Phi) is 5.64. The van der Waals surface area contributed by atoms with Crippen molar-refractivity contribution in [2.75, 3.05) is 31.1 Å². The van der Waals surface area contributed by atoms with E-state index in [0.29, 0.717) is 24.6 Å². The van der Waals surface area contributed by atoms with Crippen LogP contribution in [0.15, 0.2) is 72.2 Å². The molecule has 1 saturated heterocycles. The van der Waals surface area contributed by atoms with Gasteiger partial charge in [0, 0.05) is 48.9 Å². The zero-order chi connectivity index (χ0) is 21.9. The molecule has 160 valence electrons. The summed E-state index contributed by atoms with van der Waals surface area (Å²) in [5.41, 5.74) is 3.77. The number of aryl methyl sites for hydroxylation is 1. The van der Waals surface area contributed by atoms with Gasteiger partial charge in [-0.05, 0) is 13.0 Å². The number of amides is 1. The number of nitrogens with zero attached hydrogens (tertiary/aromatic N) is 5. The molecule has 0 N–H and O–H groups in total. The lowest BCUT2D eigenvalue weighted by Gasteiger charge is -2.35. The third-order valence-electron chi connectivity index (χ3n) is 5.59. The summed E-state index contributed by atoms with van der Waals surface area (Å²) in [6.45, 7) is 4.80. The normalized spacial score (nSPS) is 13.9. The van der Waals surface area contributed by atoms with Crippen molar-refractivity contribution in [3.05, 3.63) is 83.5 Å². The third-order valence-corrected chi connectivity index (χ3v) is 6.48. The molecule has 0 saturated carbocycles. The van der Waals surface area contributed by atoms with E-state index in [1.807, 2.05) is 58.8 Å². The fourth-order valence-electron chi connectivity index (χ4n) is 3.75. The molecular formula is C25H23N5OS. The number of piperazine rings is 1. The third kappa shape index (κ3) is 4.24. The molecule has 5 rings (SSSR count). The highest BCUT2D eigenvalue weighted by Gasteiger charge is 2.25. The van der Waals surface area contributed by atoms with Crippen molar-refractivity contribution >= 4 is 23.1 Å². The first kappa shape index (κ1) is 20.3.